The van der Waals surface area contributed by atoms with Crippen molar-refractivity contribution < 1.29 is 9.90 Å². The topological polar surface area (TPSA) is 37.3 Å². The summed E-state index contributed by atoms with van der Waals surface area (Å²) in [5, 5.41) is 8.86. The van der Waals surface area contributed by atoms with Gasteiger partial charge in [0, 0.05) is 5.57 Å². The Bertz CT molecular complexity index is 303. The van der Waals surface area contributed by atoms with Crippen LogP contribution >= 0.6 is 0 Å². The minimum atomic E-state index is -1.60. The number of carbonyl (C=O) groups is 1. The van der Waals surface area contributed by atoms with E-state index >= 15 is 0 Å². The van der Waals surface area contributed by atoms with Gasteiger partial charge in [-0.15, -0.1) is 19.7 Å². The van der Waals surface area contributed by atoms with Gasteiger partial charge in [-0.1, -0.05) is 24.3 Å². The zero-order valence-corrected chi connectivity index (χ0v) is 11.6. The third-order valence-electron chi connectivity index (χ3n) is 2.91. The van der Waals surface area contributed by atoms with E-state index in [0.717, 1.165) is 24.2 Å². The predicted octanol–water partition coefficient (Wildman–Crippen LogP) is 4.02. The van der Waals surface area contributed by atoms with Gasteiger partial charge >= 0.3 is 5.97 Å². The summed E-state index contributed by atoms with van der Waals surface area (Å²) >= 11 is 0. The first kappa shape index (κ1) is 15.6. The van der Waals surface area contributed by atoms with Crippen molar-refractivity contribution in [2.75, 3.05) is 0 Å². The molecule has 0 aromatic carbocycles. The average molecular weight is 250 g/mol. The molecule has 1 N–H and O–H groups in total. The maximum atomic E-state index is 10.8. The molecule has 0 heterocycles. The molecule has 0 rings (SSSR count). The van der Waals surface area contributed by atoms with Crippen molar-refractivity contribution in [1.29, 1.82) is 0 Å². The molecule has 0 saturated heterocycles. The van der Waals surface area contributed by atoms with E-state index in [0.29, 0.717) is 5.57 Å². The van der Waals surface area contributed by atoms with Gasteiger partial charge in [-0.25, -0.2) is 4.79 Å². The average Bonchev–Trinajstić information content (AvgIpc) is 2.27. The third kappa shape index (κ3) is 5.50. The molecular formula is C14H22O2Si. The van der Waals surface area contributed by atoms with E-state index in [9.17, 15) is 4.79 Å². The van der Waals surface area contributed by atoms with Crippen LogP contribution in [0.2, 0.25) is 24.2 Å². The fourth-order valence-electron chi connectivity index (χ4n) is 1.88. The molecule has 0 saturated carbocycles. The van der Waals surface area contributed by atoms with Gasteiger partial charge in [0.05, 0.1) is 8.07 Å². The smallest absolute Gasteiger partial charge is 0.330 e. The molecule has 0 aliphatic rings. The van der Waals surface area contributed by atoms with Crippen LogP contribution in [0.4, 0.5) is 0 Å². The Morgan fingerprint density at radius 1 is 1.06 bits per heavy atom. The van der Waals surface area contributed by atoms with Crippen LogP contribution in [0.25, 0.3) is 0 Å². The molecule has 0 spiro atoms. The van der Waals surface area contributed by atoms with Gasteiger partial charge in [0.2, 0.25) is 0 Å². The van der Waals surface area contributed by atoms with Crippen molar-refractivity contribution in [3.8, 4) is 0 Å². The zero-order chi connectivity index (χ0) is 13.3. The molecule has 0 unspecified atom stereocenters. The number of hydrogen-bond acceptors (Lipinski definition) is 1. The minimum absolute atomic E-state index is 0.416. The van der Waals surface area contributed by atoms with E-state index in [1.165, 1.54) is 0 Å². The molecule has 0 aliphatic carbocycles. The van der Waals surface area contributed by atoms with Crippen LogP contribution in [0.5, 0.6) is 0 Å². The molecule has 0 aromatic heterocycles. The van der Waals surface area contributed by atoms with Gasteiger partial charge in [0.25, 0.3) is 0 Å². The van der Waals surface area contributed by atoms with Crippen LogP contribution in [-0.4, -0.2) is 19.1 Å². The predicted molar refractivity (Wildman–Crippen MR) is 77.0 cm³/mol. The summed E-state index contributed by atoms with van der Waals surface area (Å²) in [7, 11) is -1.60. The van der Waals surface area contributed by atoms with Crippen LogP contribution in [0.3, 0.4) is 0 Å². The fraction of sp³-hybridized carbons (Fsp3) is 0.357. The summed E-state index contributed by atoms with van der Waals surface area (Å²) in [6.07, 6.45) is 7.64. The van der Waals surface area contributed by atoms with E-state index in [4.69, 9.17) is 5.11 Å². The highest BCUT2D eigenvalue weighted by Gasteiger charge is 2.27. The highest BCUT2D eigenvalue weighted by molar-refractivity contribution is 6.81. The lowest BCUT2D eigenvalue weighted by Crippen LogP contribution is -2.31. The van der Waals surface area contributed by atoms with Crippen LogP contribution < -0.4 is 0 Å². The Morgan fingerprint density at radius 2 is 1.47 bits per heavy atom. The summed E-state index contributed by atoms with van der Waals surface area (Å²) in [5.74, 6) is -0.844. The summed E-state index contributed by atoms with van der Waals surface area (Å²) in [6.45, 7) is 13.0. The van der Waals surface area contributed by atoms with Crippen LogP contribution in [0.15, 0.2) is 49.6 Å². The normalized spacial score (nSPS) is 11.9. The van der Waals surface area contributed by atoms with Gasteiger partial charge in [-0.2, -0.15) is 0 Å². The summed E-state index contributed by atoms with van der Waals surface area (Å²) < 4.78 is 0. The van der Waals surface area contributed by atoms with Crippen molar-refractivity contribution in [3.63, 3.8) is 0 Å². The van der Waals surface area contributed by atoms with Crippen molar-refractivity contribution in [3.05, 3.63) is 49.6 Å². The number of aliphatic carboxylic acids is 1. The summed E-state index contributed by atoms with van der Waals surface area (Å²) in [6, 6.07) is 3.74. The Hall–Kier alpha value is -1.35. The van der Waals surface area contributed by atoms with Gasteiger partial charge in [0.1, 0.15) is 0 Å². The lowest BCUT2D eigenvalue weighted by atomic mass is 10.3. The number of hydrogen-bond donors (Lipinski definition) is 1. The molecule has 0 aliphatic heterocycles. The highest BCUT2D eigenvalue weighted by atomic mass is 28.3. The molecule has 0 bridgehead atoms. The standard InChI is InChI=1S/C14H22O2Si/c1-5-9-17(10-6-2,11-7-3)12-8-13(4)14(15)16/h5-8H,1-3,9-12H2,4H3,(H,15,16). The molecule has 0 fully saturated rings. The van der Waals surface area contributed by atoms with Crippen molar-refractivity contribution >= 4 is 14.0 Å². The number of carboxylic acids is 1. The Labute approximate surface area is 105 Å². The second-order valence-electron chi connectivity index (χ2n) is 4.37. The monoisotopic (exact) mass is 250 g/mol. The molecule has 0 radical (unpaired) electrons. The van der Waals surface area contributed by atoms with Crippen LogP contribution in [0.1, 0.15) is 6.92 Å². The van der Waals surface area contributed by atoms with Crippen LogP contribution in [-0.2, 0) is 4.79 Å². The largest absolute Gasteiger partial charge is 0.478 e. The lowest BCUT2D eigenvalue weighted by Gasteiger charge is -2.27. The molecule has 0 amide bonds. The Balaban J connectivity index is 4.93. The zero-order valence-electron chi connectivity index (χ0n) is 10.6. The maximum Gasteiger partial charge on any atom is 0.330 e. The highest BCUT2D eigenvalue weighted by Crippen LogP contribution is 2.28. The van der Waals surface area contributed by atoms with E-state index in [2.05, 4.69) is 19.7 Å². The van der Waals surface area contributed by atoms with E-state index in [1.807, 2.05) is 24.3 Å². The van der Waals surface area contributed by atoms with Gasteiger partial charge in [0.15, 0.2) is 0 Å². The summed E-state index contributed by atoms with van der Waals surface area (Å²) in [4.78, 5) is 10.8. The van der Waals surface area contributed by atoms with Gasteiger partial charge < -0.3 is 5.11 Å². The van der Waals surface area contributed by atoms with E-state index in [1.54, 1.807) is 6.92 Å². The first-order valence-corrected chi connectivity index (χ1v) is 8.57. The maximum absolute atomic E-state index is 10.8. The number of carboxylic acid groups (broad SMARTS) is 1. The molecule has 2 nitrogen and oxygen atoms in total. The Kier molecular flexibility index (Phi) is 7.22. The van der Waals surface area contributed by atoms with Crippen molar-refractivity contribution in [2.45, 2.75) is 31.1 Å². The number of rotatable bonds is 9. The number of allylic oxidation sites excluding steroid dienone is 4. The van der Waals surface area contributed by atoms with E-state index < -0.39 is 14.0 Å². The molecule has 17 heavy (non-hydrogen) atoms. The molecule has 0 atom stereocenters. The first-order valence-electron chi connectivity index (χ1n) is 5.74. The quantitative estimate of drug-likeness (QED) is 0.381. The third-order valence-corrected chi connectivity index (χ3v) is 7.44. The first-order chi connectivity index (χ1) is 8.01. The van der Waals surface area contributed by atoms with Gasteiger partial charge in [-0.05, 0) is 31.1 Å². The van der Waals surface area contributed by atoms with Gasteiger partial charge in [-0.3, -0.25) is 0 Å². The Morgan fingerprint density at radius 3 is 1.76 bits per heavy atom. The second-order valence-corrected chi connectivity index (χ2v) is 9.01. The van der Waals surface area contributed by atoms with Crippen molar-refractivity contribution in [1.82, 2.24) is 0 Å². The molecule has 94 valence electrons. The summed E-state index contributed by atoms with van der Waals surface area (Å²) in [5.41, 5.74) is 0.416. The lowest BCUT2D eigenvalue weighted by molar-refractivity contribution is -0.132. The molecular weight excluding hydrogens is 228 g/mol. The fourth-order valence-corrected chi connectivity index (χ4v) is 5.45. The van der Waals surface area contributed by atoms with Crippen molar-refractivity contribution in [2.24, 2.45) is 0 Å². The van der Waals surface area contributed by atoms with E-state index in [-0.39, 0.29) is 0 Å². The minimum Gasteiger partial charge on any atom is -0.478 e. The molecule has 0 aromatic rings. The second kappa shape index (κ2) is 7.85. The molecule has 3 heteroatoms. The SMILES string of the molecule is C=CC[Si](CC=C)(CC=C)CC=C(C)C(=O)O. The van der Waals surface area contributed by atoms with Crippen LogP contribution in [0, 0.1) is 0 Å².